The Morgan fingerprint density at radius 2 is 1.35 bits per heavy atom. The number of ether oxygens (including phenoxy) is 12. The number of hydrogen-bond donors (Lipinski definition) is 2. The van der Waals surface area contributed by atoms with Crippen LogP contribution >= 0.6 is 0 Å². The van der Waals surface area contributed by atoms with Crippen molar-refractivity contribution in [2.75, 3.05) is 128 Å². The molecule has 3 fully saturated rings. The lowest BCUT2D eigenvalue weighted by molar-refractivity contribution is -0.265. The molecule has 1 saturated carbocycles. The molecular formula is C70H117N3O20. The molecule has 0 radical (unpaired) electrons. The van der Waals surface area contributed by atoms with Crippen LogP contribution in [0.5, 0.6) is 0 Å². The first-order valence-electron chi connectivity index (χ1n) is 34.0. The number of Topliss-reactive ketones (excluding diaryl/α,β-unsaturated/α-hetero) is 2. The van der Waals surface area contributed by atoms with Gasteiger partial charge >= 0.3 is 12.1 Å². The Balaban J connectivity index is 1.43. The Morgan fingerprint density at radius 3 is 2.00 bits per heavy atom. The fraction of sp³-hybridized carbons (Fsp3) is 0.800. The summed E-state index contributed by atoms with van der Waals surface area (Å²) in [7, 11) is 9.56. The van der Waals surface area contributed by atoms with Crippen molar-refractivity contribution < 1.29 is 95.8 Å². The normalized spacial score (nSPS) is 32.5. The van der Waals surface area contributed by atoms with E-state index in [1.807, 2.05) is 78.0 Å². The molecule has 1 unspecified atom stereocenters. The Bertz CT molecular complexity index is 2390. The maximum Gasteiger partial charge on any atom is 0.409 e. The molecule has 2 saturated heterocycles. The molecule has 0 aromatic carbocycles. The molecule has 0 spiro atoms. The summed E-state index contributed by atoms with van der Waals surface area (Å²) < 4.78 is 70.3. The van der Waals surface area contributed by atoms with Crippen LogP contribution in [0, 0.1) is 35.5 Å². The minimum absolute atomic E-state index is 0.00113. The van der Waals surface area contributed by atoms with Crippen LogP contribution in [-0.4, -0.2) is 249 Å². The van der Waals surface area contributed by atoms with Crippen molar-refractivity contribution in [3.05, 3.63) is 47.6 Å². The van der Waals surface area contributed by atoms with Gasteiger partial charge in [-0.15, -0.1) is 0 Å². The van der Waals surface area contributed by atoms with Crippen LogP contribution in [0.25, 0.3) is 0 Å². The highest BCUT2D eigenvalue weighted by Crippen LogP contribution is 2.39. The molecule has 16 atom stereocenters. The molecular weight excluding hydrogens is 1200 g/mol. The van der Waals surface area contributed by atoms with Gasteiger partial charge in [-0.2, -0.15) is 0 Å². The van der Waals surface area contributed by atoms with E-state index in [4.69, 9.17) is 56.8 Å². The second-order valence-electron chi connectivity index (χ2n) is 26.0. The van der Waals surface area contributed by atoms with Crippen molar-refractivity contribution in [3.8, 4) is 0 Å². The van der Waals surface area contributed by atoms with Crippen molar-refractivity contribution in [1.29, 1.82) is 0 Å². The molecule has 0 aromatic heterocycles. The smallest absolute Gasteiger partial charge is 0.409 e. The Hall–Kier alpha value is -4.50. The number of cyclic esters (lactones) is 1. The van der Waals surface area contributed by atoms with Crippen molar-refractivity contribution in [1.82, 2.24) is 14.7 Å². The van der Waals surface area contributed by atoms with Crippen LogP contribution < -0.4 is 0 Å². The first-order valence-corrected chi connectivity index (χ1v) is 34.0. The first kappa shape index (κ1) is 80.9. The minimum Gasteiger partial charge on any atom is -0.460 e. The summed E-state index contributed by atoms with van der Waals surface area (Å²) >= 11 is 0. The third-order valence-corrected chi connectivity index (χ3v) is 18.8. The lowest BCUT2D eigenvalue weighted by Crippen LogP contribution is -2.61. The Kier molecular flexibility index (Phi) is 37.4. The molecule has 2 bridgehead atoms. The van der Waals surface area contributed by atoms with E-state index >= 15 is 0 Å². The van der Waals surface area contributed by atoms with E-state index in [1.54, 1.807) is 54.2 Å². The van der Waals surface area contributed by atoms with Gasteiger partial charge in [0.15, 0.2) is 5.78 Å². The summed E-state index contributed by atoms with van der Waals surface area (Å²) in [5.74, 6) is -7.25. The summed E-state index contributed by atoms with van der Waals surface area (Å²) in [6.07, 6.45) is 11.2. The van der Waals surface area contributed by atoms with Gasteiger partial charge in [-0.05, 0) is 114 Å². The topological polar surface area (TPSA) is 263 Å². The molecule has 3 amide bonds. The average molecular weight is 1320 g/mol. The van der Waals surface area contributed by atoms with Crippen LogP contribution in [-0.2, 0) is 80.8 Å². The van der Waals surface area contributed by atoms with E-state index in [1.165, 1.54) is 16.9 Å². The number of methoxy groups -OCH3 is 4. The van der Waals surface area contributed by atoms with Crippen molar-refractivity contribution in [3.63, 3.8) is 0 Å². The Morgan fingerprint density at radius 1 is 0.710 bits per heavy atom. The van der Waals surface area contributed by atoms with E-state index in [0.717, 1.165) is 5.57 Å². The first-order chi connectivity index (χ1) is 44.4. The summed E-state index contributed by atoms with van der Waals surface area (Å²) in [5, 5.41) is 23.9. The summed E-state index contributed by atoms with van der Waals surface area (Å²) in [5.41, 5.74) is 1.38. The van der Waals surface area contributed by atoms with E-state index in [9.17, 15) is 39.0 Å². The van der Waals surface area contributed by atoms with Gasteiger partial charge < -0.3 is 81.8 Å². The number of hydrogen-bond acceptors (Lipinski definition) is 20. The monoisotopic (exact) mass is 1320 g/mol. The predicted molar refractivity (Wildman–Crippen MR) is 350 cm³/mol. The largest absolute Gasteiger partial charge is 0.460 e. The molecule has 4 rings (SSSR count). The third kappa shape index (κ3) is 26.5. The highest BCUT2D eigenvalue weighted by Gasteiger charge is 2.53. The lowest BCUT2D eigenvalue weighted by Gasteiger charge is -2.43. The zero-order valence-electron chi connectivity index (χ0n) is 58.6. The van der Waals surface area contributed by atoms with Gasteiger partial charge in [0.1, 0.15) is 30.5 Å². The quantitative estimate of drug-likeness (QED) is 0.0346. The van der Waals surface area contributed by atoms with Gasteiger partial charge in [-0.1, -0.05) is 71.1 Å². The standard InChI is InChI=1S/C70H117N3O20/c1-15-86-33-30-71(9)62(74)28-32-87-35-37-89-39-40-90-38-36-88-34-31-72(10)69(80)92-57-27-25-54(44-61(57)84-13)43-50(5)60-46-59(83-12)49(4)42-52(7)64(76)65(85-14)63(75)51(6)41-47(2)21-17-16-18-22-48(3)58(82-11)45-55-26-24-53(8)70(81,93-55)66(77)67(78)73-29-20-19-23-56(73)68(79)91-60/h16-18,21-22,42,47,49-51,53-61,64-65,76,81H,15,19-20,23-41,43-46H2,1-14H3/b18-16+,21-17+,48-22+,52-42+/t47-,49?,50-,51-,53-,54+,55+,56+,57-,58+,59-,60+,61-,64-,65+,70-/m1/s1. The molecule has 3 heterocycles. The summed E-state index contributed by atoms with van der Waals surface area (Å²) in [6.45, 7) is 19.9. The molecule has 0 aromatic rings. The van der Waals surface area contributed by atoms with E-state index < -0.39 is 96.2 Å². The van der Waals surface area contributed by atoms with Crippen LogP contribution in [0.3, 0.4) is 0 Å². The van der Waals surface area contributed by atoms with Crippen LogP contribution in [0.2, 0.25) is 0 Å². The fourth-order valence-electron chi connectivity index (χ4n) is 12.8. The number of allylic oxidation sites excluding steroid dienone is 5. The number of fused-ring (bicyclic) bond motifs is 3. The number of amides is 3. The number of esters is 1. The SMILES string of the molecule is CCOCCN(C)C(=O)CCOCCOCCOCCOCCN(C)C(=O)O[C@@H]1CC[C@@H](C[C@@H](C)[C@@H]2C[C@@H](OC)C(C)/C=C(\C)[C@@H](O)[C@@H](OC)C(=O)[C@H](C)C[C@H](C)/C=C/C=C/C=C(\C)[C@@H](OC)C[C@@H]3CC[C@@H](C)[C@@](O)(O3)C(=O)C(=O)N3CCCC[C@H]3C(=O)O2)C[C@H]1OC. The predicted octanol–water partition coefficient (Wildman–Crippen LogP) is 7.65. The van der Waals surface area contributed by atoms with Gasteiger partial charge in [-0.3, -0.25) is 19.2 Å². The second kappa shape index (κ2) is 42.9. The number of carbonyl (C=O) groups excluding carboxylic acids is 6. The van der Waals surface area contributed by atoms with Crippen molar-refractivity contribution in [2.24, 2.45) is 35.5 Å². The number of nitrogens with zero attached hydrogens (tertiary/aromatic N) is 3. The van der Waals surface area contributed by atoms with Crippen LogP contribution in [0.15, 0.2) is 47.6 Å². The molecule has 4 aliphatic rings. The molecule has 1 aliphatic carbocycles. The second-order valence-corrected chi connectivity index (χ2v) is 26.0. The number of piperidine rings is 1. The highest BCUT2D eigenvalue weighted by atomic mass is 16.6. The molecule has 93 heavy (non-hydrogen) atoms. The summed E-state index contributed by atoms with van der Waals surface area (Å²) in [6, 6.07) is -1.13. The van der Waals surface area contributed by atoms with E-state index in [0.29, 0.717) is 142 Å². The molecule has 23 nitrogen and oxygen atoms in total. The van der Waals surface area contributed by atoms with Gasteiger partial charge in [-0.25, -0.2) is 9.59 Å². The molecule has 532 valence electrons. The summed E-state index contributed by atoms with van der Waals surface area (Å²) in [4.78, 5) is 87.8. The third-order valence-electron chi connectivity index (χ3n) is 18.8. The molecule has 2 N–H and O–H groups in total. The van der Waals surface area contributed by atoms with Crippen molar-refractivity contribution in [2.45, 2.75) is 200 Å². The van der Waals surface area contributed by atoms with E-state index in [2.05, 4.69) is 0 Å². The van der Waals surface area contributed by atoms with Gasteiger partial charge in [0.25, 0.3) is 11.7 Å². The van der Waals surface area contributed by atoms with E-state index in [-0.39, 0.29) is 67.9 Å². The fourth-order valence-corrected chi connectivity index (χ4v) is 12.8. The van der Waals surface area contributed by atoms with Crippen LogP contribution in [0.4, 0.5) is 4.79 Å². The number of carbonyl (C=O) groups is 6. The molecule has 23 heteroatoms. The number of aliphatic hydroxyl groups is 2. The zero-order chi connectivity index (χ0) is 68.6. The highest BCUT2D eigenvalue weighted by molar-refractivity contribution is 6.39. The number of rotatable bonds is 27. The van der Waals surface area contributed by atoms with Crippen LogP contribution in [0.1, 0.15) is 139 Å². The number of ketones is 2. The molecule has 3 aliphatic heterocycles. The maximum atomic E-state index is 14.9. The zero-order valence-corrected chi connectivity index (χ0v) is 58.6. The van der Waals surface area contributed by atoms with Crippen molar-refractivity contribution >= 4 is 35.4 Å². The minimum atomic E-state index is -2.45. The average Bonchev–Trinajstić information content (AvgIpc) is 0.833. The van der Waals surface area contributed by atoms with Gasteiger partial charge in [0.2, 0.25) is 11.7 Å². The maximum absolute atomic E-state index is 14.9. The van der Waals surface area contributed by atoms with Gasteiger partial charge in [0, 0.05) is 99.4 Å². The number of likely N-dealkylation sites (N-methyl/N-ethyl adjacent to an activating group) is 2. The Labute approximate surface area is 554 Å². The van der Waals surface area contributed by atoms with Gasteiger partial charge in [0.05, 0.1) is 90.3 Å². The lowest BCUT2D eigenvalue weighted by atomic mass is 9.78. The number of aliphatic hydroxyl groups excluding tert-OH is 1.